The summed E-state index contributed by atoms with van der Waals surface area (Å²) in [7, 11) is 0. The van der Waals surface area contributed by atoms with Crippen LogP contribution in [0.5, 0.6) is 0 Å². The van der Waals surface area contributed by atoms with Crippen molar-refractivity contribution in [3.05, 3.63) is 61.6 Å². The van der Waals surface area contributed by atoms with Crippen molar-refractivity contribution < 1.29 is 14.3 Å². The van der Waals surface area contributed by atoms with Crippen LogP contribution in [0.2, 0.25) is 0 Å². The largest absolute Gasteiger partial charge is 0.477 e. The SMILES string of the molecule is Cc1c(-c2sc3c(c2F)CNC3)ccn2c(=O)c(C(=O)O)cc(C3CC3)c12. The highest BCUT2D eigenvalue weighted by atomic mass is 32.1. The highest BCUT2D eigenvalue weighted by Gasteiger charge is 2.30. The fourth-order valence-corrected chi connectivity index (χ4v) is 5.23. The van der Waals surface area contributed by atoms with Gasteiger partial charge in [-0.15, -0.1) is 11.3 Å². The van der Waals surface area contributed by atoms with Gasteiger partial charge in [0.15, 0.2) is 0 Å². The van der Waals surface area contributed by atoms with Crippen LogP contribution < -0.4 is 10.9 Å². The number of thiophene rings is 1. The number of rotatable bonds is 3. The average molecular weight is 384 g/mol. The van der Waals surface area contributed by atoms with Crippen LogP contribution in [0.25, 0.3) is 16.0 Å². The molecule has 1 aliphatic heterocycles. The van der Waals surface area contributed by atoms with E-state index in [0.717, 1.165) is 45.5 Å². The molecule has 4 heterocycles. The lowest BCUT2D eigenvalue weighted by Gasteiger charge is -2.14. The summed E-state index contributed by atoms with van der Waals surface area (Å²) in [6.07, 6.45) is 3.54. The number of carboxylic acids is 1. The van der Waals surface area contributed by atoms with Gasteiger partial charge in [-0.2, -0.15) is 0 Å². The quantitative estimate of drug-likeness (QED) is 0.723. The lowest BCUT2D eigenvalue weighted by molar-refractivity contribution is 0.0694. The summed E-state index contributed by atoms with van der Waals surface area (Å²) in [5.41, 5.74) is 3.16. The molecule has 0 bridgehead atoms. The summed E-state index contributed by atoms with van der Waals surface area (Å²) in [6, 6.07) is 3.24. The van der Waals surface area contributed by atoms with Crippen LogP contribution in [-0.4, -0.2) is 15.5 Å². The molecule has 5 nitrogen and oxygen atoms in total. The molecular formula is C20H17FN2O3S. The van der Waals surface area contributed by atoms with Crippen molar-refractivity contribution in [2.75, 3.05) is 0 Å². The van der Waals surface area contributed by atoms with Crippen molar-refractivity contribution in [2.45, 2.75) is 38.8 Å². The molecule has 0 aromatic carbocycles. The van der Waals surface area contributed by atoms with Gasteiger partial charge in [-0.05, 0) is 48.9 Å². The van der Waals surface area contributed by atoms with E-state index in [9.17, 15) is 19.1 Å². The summed E-state index contributed by atoms with van der Waals surface area (Å²) in [4.78, 5) is 25.8. The number of pyridine rings is 2. The van der Waals surface area contributed by atoms with E-state index in [0.29, 0.717) is 18.0 Å². The number of carboxylic acid groups (broad SMARTS) is 1. The Balaban J connectivity index is 1.81. The summed E-state index contributed by atoms with van der Waals surface area (Å²) in [6.45, 7) is 3.11. The van der Waals surface area contributed by atoms with Gasteiger partial charge in [-0.3, -0.25) is 9.20 Å². The minimum atomic E-state index is -1.22. The predicted octanol–water partition coefficient (Wildman–Crippen LogP) is 3.65. The molecule has 1 fully saturated rings. The van der Waals surface area contributed by atoms with Crippen LogP contribution in [0, 0.1) is 12.7 Å². The number of hydrogen-bond acceptors (Lipinski definition) is 4. The van der Waals surface area contributed by atoms with E-state index in [1.54, 1.807) is 12.3 Å². The van der Waals surface area contributed by atoms with E-state index in [4.69, 9.17) is 0 Å². The second-order valence-corrected chi connectivity index (χ2v) is 8.33. The van der Waals surface area contributed by atoms with Crippen molar-refractivity contribution in [1.29, 1.82) is 0 Å². The molecular weight excluding hydrogens is 367 g/mol. The van der Waals surface area contributed by atoms with E-state index >= 15 is 0 Å². The molecule has 138 valence electrons. The molecule has 1 saturated carbocycles. The Morgan fingerprint density at radius 3 is 2.81 bits per heavy atom. The molecule has 7 heteroatoms. The smallest absolute Gasteiger partial charge is 0.341 e. The normalized spacial score (nSPS) is 16.1. The van der Waals surface area contributed by atoms with Gasteiger partial charge in [0.25, 0.3) is 5.56 Å². The Morgan fingerprint density at radius 2 is 2.15 bits per heavy atom. The maximum Gasteiger partial charge on any atom is 0.341 e. The number of nitrogens with zero attached hydrogens (tertiary/aromatic N) is 1. The Kier molecular flexibility index (Phi) is 3.54. The summed E-state index contributed by atoms with van der Waals surface area (Å²) < 4.78 is 16.4. The second kappa shape index (κ2) is 5.74. The first-order valence-corrected chi connectivity index (χ1v) is 9.72. The van der Waals surface area contributed by atoms with E-state index < -0.39 is 11.5 Å². The Morgan fingerprint density at radius 1 is 1.37 bits per heavy atom. The standard InChI is InChI=1S/C20H17FN2O3S/c1-9-11(18-16(21)14-7-22-8-15(14)27-18)4-5-23-17(9)12(10-2-3-10)6-13(19(23)24)20(25)26/h4-6,10,22H,2-3,7-8H2,1H3,(H,25,26). The van der Waals surface area contributed by atoms with Crippen molar-refractivity contribution >= 4 is 22.8 Å². The third kappa shape index (κ3) is 2.38. The first-order valence-electron chi connectivity index (χ1n) is 8.90. The van der Waals surface area contributed by atoms with Gasteiger partial charge in [0.1, 0.15) is 11.4 Å². The second-order valence-electron chi connectivity index (χ2n) is 7.22. The first kappa shape index (κ1) is 16.6. The van der Waals surface area contributed by atoms with Gasteiger partial charge in [0, 0.05) is 35.3 Å². The zero-order valence-corrected chi connectivity index (χ0v) is 15.5. The van der Waals surface area contributed by atoms with Crippen LogP contribution in [0.15, 0.2) is 23.1 Å². The van der Waals surface area contributed by atoms with Crippen molar-refractivity contribution in [3.63, 3.8) is 0 Å². The molecule has 1 aliphatic carbocycles. The first-order chi connectivity index (χ1) is 13.0. The Hall–Kier alpha value is -2.51. The fourth-order valence-electron chi connectivity index (χ4n) is 3.98. The number of aromatic nitrogens is 1. The lowest BCUT2D eigenvalue weighted by Crippen LogP contribution is -2.23. The lowest BCUT2D eigenvalue weighted by atomic mass is 9.99. The van der Waals surface area contributed by atoms with E-state index in [1.807, 2.05) is 6.92 Å². The molecule has 0 amide bonds. The number of halogens is 1. The maximum absolute atomic E-state index is 14.9. The van der Waals surface area contributed by atoms with Crippen LogP contribution in [0.3, 0.4) is 0 Å². The molecule has 3 aromatic heterocycles. The van der Waals surface area contributed by atoms with Crippen LogP contribution in [0.4, 0.5) is 4.39 Å². The molecule has 2 N–H and O–H groups in total. The van der Waals surface area contributed by atoms with Gasteiger partial charge >= 0.3 is 5.97 Å². The van der Waals surface area contributed by atoms with Gasteiger partial charge in [0.05, 0.1) is 10.4 Å². The highest BCUT2D eigenvalue weighted by molar-refractivity contribution is 7.15. The fraction of sp³-hybridized carbons (Fsp3) is 0.300. The van der Waals surface area contributed by atoms with E-state index in [1.165, 1.54) is 21.8 Å². The Labute approximate surface area is 158 Å². The van der Waals surface area contributed by atoms with Crippen molar-refractivity contribution in [1.82, 2.24) is 9.72 Å². The molecule has 3 aromatic rings. The third-order valence-corrected chi connectivity index (χ3v) is 6.76. The predicted molar refractivity (Wildman–Crippen MR) is 101 cm³/mol. The van der Waals surface area contributed by atoms with Crippen LogP contribution in [-0.2, 0) is 13.1 Å². The monoisotopic (exact) mass is 384 g/mol. The zero-order valence-electron chi connectivity index (χ0n) is 14.6. The number of aromatic carboxylic acids is 1. The summed E-state index contributed by atoms with van der Waals surface area (Å²) in [5.74, 6) is -1.15. The minimum Gasteiger partial charge on any atom is -0.477 e. The highest BCUT2D eigenvalue weighted by Crippen LogP contribution is 2.45. The van der Waals surface area contributed by atoms with Crippen LogP contribution in [0.1, 0.15) is 50.7 Å². The van der Waals surface area contributed by atoms with Gasteiger partial charge < -0.3 is 10.4 Å². The minimum absolute atomic E-state index is 0.190. The molecule has 5 rings (SSSR count). The maximum atomic E-state index is 14.9. The van der Waals surface area contributed by atoms with Crippen molar-refractivity contribution in [2.24, 2.45) is 0 Å². The van der Waals surface area contributed by atoms with E-state index in [2.05, 4.69) is 5.32 Å². The van der Waals surface area contributed by atoms with Gasteiger partial charge in [0.2, 0.25) is 0 Å². The van der Waals surface area contributed by atoms with Gasteiger partial charge in [-0.25, -0.2) is 9.18 Å². The van der Waals surface area contributed by atoms with Crippen LogP contribution >= 0.6 is 11.3 Å². The molecule has 0 radical (unpaired) electrons. The number of hydrogen-bond donors (Lipinski definition) is 2. The Bertz CT molecular complexity index is 1190. The summed E-state index contributed by atoms with van der Waals surface area (Å²) >= 11 is 1.45. The molecule has 2 aliphatic rings. The molecule has 27 heavy (non-hydrogen) atoms. The third-order valence-electron chi connectivity index (χ3n) is 5.52. The number of carbonyl (C=O) groups is 1. The number of fused-ring (bicyclic) bond motifs is 2. The topological polar surface area (TPSA) is 70.8 Å². The summed E-state index contributed by atoms with van der Waals surface area (Å²) in [5, 5.41) is 12.5. The van der Waals surface area contributed by atoms with E-state index in [-0.39, 0.29) is 17.3 Å². The molecule has 0 saturated heterocycles. The molecule has 0 spiro atoms. The molecule has 0 atom stereocenters. The molecule has 0 unspecified atom stereocenters. The van der Waals surface area contributed by atoms with Crippen molar-refractivity contribution in [3.8, 4) is 10.4 Å². The number of nitrogens with one attached hydrogen (secondary N) is 1. The van der Waals surface area contributed by atoms with Gasteiger partial charge in [-0.1, -0.05) is 0 Å². The average Bonchev–Trinajstić information content (AvgIpc) is 3.29. The zero-order chi connectivity index (χ0) is 18.9. The number of aryl methyl sites for hydroxylation is 1.